The largest absolute Gasteiger partial charge is 0.356 e. The Kier molecular flexibility index (Phi) is 6.57. The van der Waals surface area contributed by atoms with Gasteiger partial charge >= 0.3 is 0 Å². The fourth-order valence-corrected chi connectivity index (χ4v) is 2.69. The number of likely N-dealkylation sites (N-methyl/N-ethyl adjacent to an activating group) is 1. The van der Waals surface area contributed by atoms with E-state index in [1.54, 1.807) is 0 Å². The van der Waals surface area contributed by atoms with Crippen molar-refractivity contribution in [3.05, 3.63) is 5.82 Å². The Morgan fingerprint density at radius 3 is 2.61 bits per heavy atom. The molecule has 0 aliphatic heterocycles. The Labute approximate surface area is 115 Å². The molecule has 1 rings (SSSR count). The smallest absolute Gasteiger partial charge is 0.202 e. The monoisotopic (exact) mass is 270 g/mol. The summed E-state index contributed by atoms with van der Waals surface area (Å²) in [4.78, 5) is 6.75. The summed E-state index contributed by atoms with van der Waals surface area (Å²) in [7, 11) is 4.22. The molecule has 0 amide bonds. The van der Waals surface area contributed by atoms with Gasteiger partial charge in [-0.2, -0.15) is 4.37 Å². The number of aromatic nitrogens is 2. The van der Waals surface area contributed by atoms with Gasteiger partial charge in [0, 0.05) is 30.5 Å². The van der Waals surface area contributed by atoms with Crippen molar-refractivity contribution in [2.45, 2.75) is 46.1 Å². The maximum absolute atomic E-state index is 4.53. The van der Waals surface area contributed by atoms with Crippen molar-refractivity contribution in [2.75, 3.05) is 26.0 Å². The van der Waals surface area contributed by atoms with E-state index in [-0.39, 0.29) is 0 Å². The molecule has 0 saturated heterocycles. The zero-order valence-corrected chi connectivity index (χ0v) is 13.0. The van der Waals surface area contributed by atoms with Gasteiger partial charge in [-0.3, -0.25) is 0 Å². The molecule has 1 heterocycles. The summed E-state index contributed by atoms with van der Waals surface area (Å²) in [6.45, 7) is 7.70. The van der Waals surface area contributed by atoms with Crippen LogP contribution in [0.25, 0.3) is 0 Å². The van der Waals surface area contributed by atoms with Gasteiger partial charge in [-0.05, 0) is 32.9 Å². The van der Waals surface area contributed by atoms with E-state index in [9.17, 15) is 0 Å². The van der Waals surface area contributed by atoms with Crippen LogP contribution in [0.3, 0.4) is 0 Å². The number of nitrogens with zero attached hydrogens (tertiary/aromatic N) is 3. The van der Waals surface area contributed by atoms with Gasteiger partial charge in [0.15, 0.2) is 0 Å². The molecule has 104 valence electrons. The van der Waals surface area contributed by atoms with Gasteiger partial charge < -0.3 is 10.2 Å². The molecule has 0 saturated carbocycles. The van der Waals surface area contributed by atoms with Gasteiger partial charge in [0.1, 0.15) is 5.82 Å². The summed E-state index contributed by atoms with van der Waals surface area (Å²) in [5.41, 5.74) is 0. The first kappa shape index (κ1) is 15.4. The van der Waals surface area contributed by atoms with Crippen molar-refractivity contribution in [1.29, 1.82) is 0 Å². The summed E-state index contributed by atoms with van der Waals surface area (Å²) < 4.78 is 4.37. The Morgan fingerprint density at radius 1 is 1.33 bits per heavy atom. The minimum atomic E-state index is 0.447. The van der Waals surface area contributed by atoms with E-state index >= 15 is 0 Å². The summed E-state index contributed by atoms with van der Waals surface area (Å²) in [5, 5.41) is 4.49. The Morgan fingerprint density at radius 2 is 2.06 bits per heavy atom. The Balaban J connectivity index is 2.57. The molecule has 0 radical (unpaired) electrons. The molecule has 4 nitrogen and oxygen atoms in total. The van der Waals surface area contributed by atoms with E-state index in [2.05, 4.69) is 54.4 Å². The van der Waals surface area contributed by atoms with Crippen LogP contribution in [0.5, 0.6) is 0 Å². The van der Waals surface area contributed by atoms with Crippen LogP contribution in [0.15, 0.2) is 0 Å². The normalized spacial score (nSPS) is 13.3. The van der Waals surface area contributed by atoms with Gasteiger partial charge in [0.25, 0.3) is 0 Å². The van der Waals surface area contributed by atoms with E-state index in [4.69, 9.17) is 0 Å². The van der Waals surface area contributed by atoms with Crippen molar-refractivity contribution in [3.63, 3.8) is 0 Å². The second-order valence-electron chi connectivity index (χ2n) is 5.50. The SMILES string of the molecule is CCCc1nsc(NC(CC(C)C)CN(C)C)n1. The van der Waals surface area contributed by atoms with Crippen molar-refractivity contribution >= 4 is 16.7 Å². The van der Waals surface area contributed by atoms with Crippen LogP contribution in [0.4, 0.5) is 5.13 Å². The van der Waals surface area contributed by atoms with Crippen LogP contribution in [0.2, 0.25) is 0 Å². The lowest BCUT2D eigenvalue weighted by atomic mass is 10.0. The first-order valence-electron chi connectivity index (χ1n) is 6.75. The number of nitrogens with one attached hydrogen (secondary N) is 1. The van der Waals surface area contributed by atoms with E-state index in [1.807, 2.05) is 0 Å². The topological polar surface area (TPSA) is 41.1 Å². The molecule has 0 fully saturated rings. The van der Waals surface area contributed by atoms with Crippen LogP contribution in [-0.4, -0.2) is 40.9 Å². The molecule has 0 aliphatic carbocycles. The quantitative estimate of drug-likeness (QED) is 0.788. The van der Waals surface area contributed by atoms with Crippen molar-refractivity contribution in [1.82, 2.24) is 14.3 Å². The van der Waals surface area contributed by atoms with Gasteiger partial charge in [-0.1, -0.05) is 20.8 Å². The zero-order chi connectivity index (χ0) is 13.5. The second kappa shape index (κ2) is 7.69. The molecule has 0 spiro atoms. The number of rotatable bonds is 8. The number of anilines is 1. The highest BCUT2D eigenvalue weighted by Gasteiger charge is 2.14. The highest BCUT2D eigenvalue weighted by Crippen LogP contribution is 2.16. The molecule has 0 bridgehead atoms. The van der Waals surface area contributed by atoms with E-state index in [0.717, 1.165) is 36.8 Å². The summed E-state index contributed by atoms with van der Waals surface area (Å²) in [5.74, 6) is 1.66. The average molecular weight is 270 g/mol. The lowest BCUT2D eigenvalue weighted by molar-refractivity contribution is 0.356. The van der Waals surface area contributed by atoms with Gasteiger partial charge in [0.2, 0.25) is 5.13 Å². The van der Waals surface area contributed by atoms with Crippen molar-refractivity contribution in [3.8, 4) is 0 Å². The maximum atomic E-state index is 4.53. The third kappa shape index (κ3) is 5.78. The molecule has 1 aromatic rings. The Bertz CT molecular complexity index is 325. The molecule has 1 N–H and O–H groups in total. The van der Waals surface area contributed by atoms with Gasteiger partial charge in [-0.15, -0.1) is 0 Å². The molecule has 1 unspecified atom stereocenters. The first-order valence-corrected chi connectivity index (χ1v) is 7.52. The molecule has 5 heteroatoms. The van der Waals surface area contributed by atoms with Crippen LogP contribution >= 0.6 is 11.5 Å². The summed E-state index contributed by atoms with van der Waals surface area (Å²) in [6.07, 6.45) is 3.23. The summed E-state index contributed by atoms with van der Waals surface area (Å²) >= 11 is 1.48. The lowest BCUT2D eigenvalue weighted by Crippen LogP contribution is -2.33. The number of hydrogen-bond donors (Lipinski definition) is 1. The fraction of sp³-hybridized carbons (Fsp3) is 0.846. The zero-order valence-electron chi connectivity index (χ0n) is 12.2. The maximum Gasteiger partial charge on any atom is 0.202 e. The van der Waals surface area contributed by atoms with Crippen LogP contribution in [-0.2, 0) is 6.42 Å². The minimum Gasteiger partial charge on any atom is -0.356 e. The lowest BCUT2D eigenvalue weighted by Gasteiger charge is -2.23. The van der Waals surface area contributed by atoms with Crippen LogP contribution in [0, 0.1) is 5.92 Å². The van der Waals surface area contributed by atoms with Crippen LogP contribution in [0.1, 0.15) is 39.4 Å². The second-order valence-corrected chi connectivity index (χ2v) is 6.25. The molecule has 1 atom stereocenters. The summed E-state index contributed by atoms with van der Waals surface area (Å²) in [6, 6.07) is 0.447. The predicted octanol–water partition coefficient (Wildman–Crippen LogP) is 2.88. The van der Waals surface area contributed by atoms with Gasteiger partial charge in [0.05, 0.1) is 0 Å². The predicted molar refractivity (Wildman–Crippen MR) is 79.3 cm³/mol. The Hall–Kier alpha value is -0.680. The molecule has 0 aromatic carbocycles. The molecular formula is C13H26N4S. The van der Waals surface area contributed by atoms with E-state index < -0.39 is 0 Å². The van der Waals surface area contributed by atoms with Gasteiger partial charge in [-0.25, -0.2) is 4.98 Å². The number of hydrogen-bond acceptors (Lipinski definition) is 5. The third-order valence-electron chi connectivity index (χ3n) is 2.61. The standard InChI is InChI=1S/C13H26N4S/c1-6-7-12-15-13(18-16-12)14-11(8-10(2)3)9-17(4)5/h10-11H,6-9H2,1-5H3,(H,14,15,16). The molecule has 18 heavy (non-hydrogen) atoms. The molecular weight excluding hydrogens is 244 g/mol. The highest BCUT2D eigenvalue weighted by molar-refractivity contribution is 7.09. The van der Waals surface area contributed by atoms with Crippen LogP contribution < -0.4 is 5.32 Å². The van der Waals surface area contributed by atoms with E-state index in [0.29, 0.717) is 12.0 Å². The molecule has 1 aromatic heterocycles. The van der Waals surface area contributed by atoms with E-state index in [1.165, 1.54) is 11.5 Å². The average Bonchev–Trinajstić information content (AvgIpc) is 2.64. The van der Waals surface area contributed by atoms with Crippen molar-refractivity contribution < 1.29 is 0 Å². The van der Waals surface area contributed by atoms with Crippen molar-refractivity contribution in [2.24, 2.45) is 5.92 Å². The highest BCUT2D eigenvalue weighted by atomic mass is 32.1. The number of aryl methyl sites for hydroxylation is 1. The first-order chi connectivity index (χ1) is 8.51. The molecule has 0 aliphatic rings. The minimum absolute atomic E-state index is 0.447. The third-order valence-corrected chi connectivity index (χ3v) is 3.29. The fourth-order valence-electron chi connectivity index (χ4n) is 2.00.